The molecule has 1 aromatic carbocycles. The molecule has 0 radical (unpaired) electrons. The van der Waals surface area contributed by atoms with Crippen LogP contribution in [0.1, 0.15) is 26.2 Å². The molecule has 2 N–H and O–H groups in total. The number of nitrogens with one attached hydrogen (secondary N) is 1. The van der Waals surface area contributed by atoms with Crippen molar-refractivity contribution < 1.29 is 9.50 Å². The van der Waals surface area contributed by atoms with E-state index < -0.39 is 5.82 Å². The van der Waals surface area contributed by atoms with Crippen molar-refractivity contribution in [2.75, 3.05) is 11.9 Å². The first-order chi connectivity index (χ1) is 6.74. The predicted octanol–water partition coefficient (Wildman–Crippen LogP) is 3.13. The second kappa shape index (κ2) is 5.47. The van der Waals surface area contributed by atoms with E-state index in [2.05, 4.69) is 12.2 Å². The van der Waals surface area contributed by atoms with Gasteiger partial charge in [-0.05, 0) is 18.6 Å². The zero-order chi connectivity index (χ0) is 10.4. The average Bonchev–Trinajstić information content (AvgIpc) is 2.18. The molecule has 0 atom stereocenters. The summed E-state index contributed by atoms with van der Waals surface area (Å²) in [5, 5.41) is 12.0. The van der Waals surface area contributed by atoms with Crippen molar-refractivity contribution in [3.05, 3.63) is 24.0 Å². The van der Waals surface area contributed by atoms with Crippen LogP contribution in [0.15, 0.2) is 18.2 Å². The predicted molar refractivity (Wildman–Crippen MR) is 56.1 cm³/mol. The van der Waals surface area contributed by atoms with Crippen LogP contribution in [0.2, 0.25) is 0 Å². The van der Waals surface area contributed by atoms with Crippen LogP contribution in [0, 0.1) is 5.82 Å². The maximum Gasteiger partial charge on any atom is 0.166 e. The summed E-state index contributed by atoms with van der Waals surface area (Å²) < 4.78 is 12.9. The lowest BCUT2D eigenvalue weighted by Gasteiger charge is -2.06. The van der Waals surface area contributed by atoms with Gasteiger partial charge in [0.05, 0.1) is 0 Å². The number of anilines is 1. The topological polar surface area (TPSA) is 32.3 Å². The second-order valence-corrected chi connectivity index (χ2v) is 3.30. The van der Waals surface area contributed by atoms with Gasteiger partial charge >= 0.3 is 0 Å². The van der Waals surface area contributed by atoms with Crippen molar-refractivity contribution in [3.8, 4) is 5.75 Å². The van der Waals surface area contributed by atoms with Gasteiger partial charge in [0.25, 0.3) is 0 Å². The Bertz CT molecular complexity index is 289. The first-order valence-corrected chi connectivity index (χ1v) is 4.96. The summed E-state index contributed by atoms with van der Waals surface area (Å²) in [5.41, 5.74) is 0.719. The Morgan fingerprint density at radius 3 is 2.79 bits per heavy atom. The van der Waals surface area contributed by atoms with E-state index in [-0.39, 0.29) is 5.75 Å². The molecule has 0 amide bonds. The van der Waals surface area contributed by atoms with Gasteiger partial charge in [0.1, 0.15) is 0 Å². The van der Waals surface area contributed by atoms with Crippen molar-refractivity contribution in [2.45, 2.75) is 26.2 Å². The number of hydrogen-bond donors (Lipinski definition) is 2. The van der Waals surface area contributed by atoms with Gasteiger partial charge in [-0.25, -0.2) is 4.39 Å². The summed E-state index contributed by atoms with van der Waals surface area (Å²) in [6.45, 7) is 2.98. The van der Waals surface area contributed by atoms with Gasteiger partial charge in [0, 0.05) is 18.3 Å². The van der Waals surface area contributed by atoms with E-state index in [1.165, 1.54) is 25.0 Å². The van der Waals surface area contributed by atoms with Gasteiger partial charge in [0.15, 0.2) is 11.6 Å². The number of phenolic OH excluding ortho intramolecular Hbond substituents is 1. The molecule has 0 aliphatic rings. The Morgan fingerprint density at radius 2 is 2.14 bits per heavy atom. The van der Waals surface area contributed by atoms with Gasteiger partial charge in [-0.2, -0.15) is 0 Å². The SMILES string of the molecule is CCCCCNc1ccc(O)c(F)c1. The first kappa shape index (κ1) is 10.8. The van der Waals surface area contributed by atoms with Crippen LogP contribution in [0.25, 0.3) is 0 Å². The third-order valence-corrected chi connectivity index (χ3v) is 2.06. The molecule has 0 aliphatic carbocycles. The van der Waals surface area contributed by atoms with Crippen molar-refractivity contribution in [1.29, 1.82) is 0 Å². The number of rotatable bonds is 5. The fraction of sp³-hybridized carbons (Fsp3) is 0.455. The highest BCUT2D eigenvalue weighted by atomic mass is 19.1. The van der Waals surface area contributed by atoms with E-state index >= 15 is 0 Å². The monoisotopic (exact) mass is 197 g/mol. The molecule has 3 heteroatoms. The third kappa shape index (κ3) is 3.24. The maximum absolute atomic E-state index is 12.9. The zero-order valence-electron chi connectivity index (χ0n) is 8.39. The molecule has 0 saturated heterocycles. The standard InChI is InChI=1S/C11H16FNO/c1-2-3-4-7-13-9-5-6-11(14)10(12)8-9/h5-6,8,13-14H,2-4,7H2,1H3. The summed E-state index contributed by atoms with van der Waals surface area (Å²) >= 11 is 0. The Kier molecular flexibility index (Phi) is 4.23. The molecule has 0 aromatic heterocycles. The quantitative estimate of drug-likeness (QED) is 0.561. The Morgan fingerprint density at radius 1 is 1.36 bits per heavy atom. The average molecular weight is 197 g/mol. The number of halogens is 1. The zero-order valence-corrected chi connectivity index (χ0v) is 8.39. The fourth-order valence-electron chi connectivity index (χ4n) is 1.22. The minimum absolute atomic E-state index is 0.302. The highest BCUT2D eigenvalue weighted by Crippen LogP contribution is 2.19. The van der Waals surface area contributed by atoms with Crippen molar-refractivity contribution >= 4 is 5.69 Å². The van der Waals surface area contributed by atoms with E-state index in [1.54, 1.807) is 6.07 Å². The number of benzene rings is 1. The first-order valence-electron chi connectivity index (χ1n) is 4.96. The summed E-state index contributed by atoms with van der Waals surface area (Å²) in [5.74, 6) is -0.880. The van der Waals surface area contributed by atoms with Crippen LogP contribution < -0.4 is 5.32 Å². The third-order valence-electron chi connectivity index (χ3n) is 2.06. The van der Waals surface area contributed by atoms with E-state index in [0.717, 1.165) is 18.7 Å². The van der Waals surface area contributed by atoms with Crippen LogP contribution in [0.3, 0.4) is 0 Å². The Hall–Kier alpha value is -1.25. The molecule has 0 bridgehead atoms. The summed E-state index contributed by atoms with van der Waals surface area (Å²) in [7, 11) is 0. The summed E-state index contributed by atoms with van der Waals surface area (Å²) in [6.07, 6.45) is 3.43. The lowest BCUT2D eigenvalue weighted by atomic mass is 10.2. The van der Waals surface area contributed by atoms with Gasteiger partial charge in [0.2, 0.25) is 0 Å². The van der Waals surface area contributed by atoms with Crippen LogP contribution in [-0.4, -0.2) is 11.7 Å². The molecule has 78 valence electrons. The van der Waals surface area contributed by atoms with E-state index in [9.17, 15) is 4.39 Å². The molecule has 0 unspecified atom stereocenters. The molecule has 0 saturated carbocycles. The largest absolute Gasteiger partial charge is 0.505 e. The molecule has 1 aromatic rings. The highest BCUT2D eigenvalue weighted by molar-refractivity contribution is 5.46. The molecule has 0 heterocycles. The van der Waals surface area contributed by atoms with Crippen LogP contribution >= 0.6 is 0 Å². The van der Waals surface area contributed by atoms with E-state index in [0.29, 0.717) is 0 Å². The van der Waals surface area contributed by atoms with Gasteiger partial charge in [-0.1, -0.05) is 19.8 Å². The highest BCUT2D eigenvalue weighted by Gasteiger charge is 2.00. The van der Waals surface area contributed by atoms with Gasteiger partial charge < -0.3 is 10.4 Å². The van der Waals surface area contributed by atoms with Crippen molar-refractivity contribution in [1.82, 2.24) is 0 Å². The van der Waals surface area contributed by atoms with Gasteiger partial charge in [-0.15, -0.1) is 0 Å². The molecule has 0 spiro atoms. The minimum Gasteiger partial charge on any atom is -0.505 e. The van der Waals surface area contributed by atoms with Crippen molar-refractivity contribution in [3.63, 3.8) is 0 Å². The number of hydrogen-bond acceptors (Lipinski definition) is 2. The number of aromatic hydroxyl groups is 1. The second-order valence-electron chi connectivity index (χ2n) is 3.30. The minimum atomic E-state index is -0.578. The van der Waals surface area contributed by atoms with Crippen LogP contribution in [-0.2, 0) is 0 Å². The Balaban J connectivity index is 2.39. The lowest BCUT2D eigenvalue weighted by Crippen LogP contribution is -2.01. The summed E-state index contributed by atoms with van der Waals surface area (Å²) in [4.78, 5) is 0. The summed E-state index contributed by atoms with van der Waals surface area (Å²) in [6, 6.07) is 4.34. The number of phenols is 1. The normalized spacial score (nSPS) is 10.1. The van der Waals surface area contributed by atoms with Crippen molar-refractivity contribution in [2.24, 2.45) is 0 Å². The maximum atomic E-state index is 12.9. The fourth-order valence-corrected chi connectivity index (χ4v) is 1.22. The molecule has 0 fully saturated rings. The van der Waals surface area contributed by atoms with Crippen LogP contribution in [0.4, 0.5) is 10.1 Å². The molecule has 0 aliphatic heterocycles. The molecule has 2 nitrogen and oxygen atoms in total. The molecular weight excluding hydrogens is 181 g/mol. The number of unbranched alkanes of at least 4 members (excludes halogenated alkanes) is 2. The molecular formula is C11H16FNO. The smallest absolute Gasteiger partial charge is 0.166 e. The lowest BCUT2D eigenvalue weighted by molar-refractivity contribution is 0.432. The Labute approximate surface area is 83.8 Å². The van der Waals surface area contributed by atoms with E-state index in [1.807, 2.05) is 0 Å². The van der Waals surface area contributed by atoms with E-state index in [4.69, 9.17) is 5.11 Å². The molecule has 14 heavy (non-hydrogen) atoms. The molecule has 1 rings (SSSR count). The van der Waals surface area contributed by atoms with Crippen LogP contribution in [0.5, 0.6) is 5.75 Å². The van der Waals surface area contributed by atoms with Gasteiger partial charge in [-0.3, -0.25) is 0 Å².